The molecule has 0 aliphatic heterocycles. The molecule has 0 spiro atoms. The number of amides is 1. The van der Waals surface area contributed by atoms with E-state index >= 15 is 0 Å². The number of para-hydroxylation sites is 1. The Morgan fingerprint density at radius 1 is 0.838 bits per heavy atom. The van der Waals surface area contributed by atoms with E-state index in [9.17, 15) is 13.2 Å². The van der Waals surface area contributed by atoms with Crippen LogP contribution in [0.2, 0.25) is 0 Å². The van der Waals surface area contributed by atoms with Crippen molar-refractivity contribution in [1.29, 1.82) is 0 Å². The predicted molar refractivity (Wildman–Crippen MR) is 147 cm³/mol. The summed E-state index contributed by atoms with van der Waals surface area (Å²) in [5.41, 5.74) is 5.81. The molecular weight excluding hydrogens is 480 g/mol. The molecule has 0 unspecified atom stereocenters. The monoisotopic (exact) mass is 510 g/mol. The highest BCUT2D eigenvalue weighted by Crippen LogP contribution is 2.27. The van der Waals surface area contributed by atoms with Crippen LogP contribution in [-0.4, -0.2) is 14.3 Å². The Bertz CT molecular complexity index is 1480. The maximum absolute atomic E-state index is 13.5. The lowest BCUT2D eigenvalue weighted by atomic mass is 10.0. The minimum Gasteiger partial charge on any atom is -0.346 e. The molecule has 4 aromatic rings. The van der Waals surface area contributed by atoms with Gasteiger partial charge in [0, 0.05) is 5.56 Å². The fourth-order valence-corrected chi connectivity index (χ4v) is 6.25. The number of nitrogens with one attached hydrogen (secondary N) is 1. The van der Waals surface area contributed by atoms with Crippen molar-refractivity contribution >= 4 is 21.6 Å². The van der Waals surface area contributed by atoms with Gasteiger partial charge in [0.1, 0.15) is 0 Å². The fraction of sp³-hybridized carbons (Fsp3) is 0.194. The molecule has 1 aliphatic carbocycles. The van der Waals surface area contributed by atoms with Crippen molar-refractivity contribution in [3.63, 3.8) is 0 Å². The number of hydrogen-bond donors (Lipinski definition) is 1. The summed E-state index contributed by atoms with van der Waals surface area (Å²) in [5, 5.41) is 3.09. The van der Waals surface area contributed by atoms with Gasteiger partial charge in [-0.15, -0.1) is 0 Å². The summed E-state index contributed by atoms with van der Waals surface area (Å²) >= 11 is 0. The fourth-order valence-electron chi connectivity index (χ4n) is 4.78. The molecule has 6 heteroatoms. The average molecular weight is 511 g/mol. The number of anilines is 1. The van der Waals surface area contributed by atoms with Crippen LogP contribution in [0, 0.1) is 0 Å². The number of benzene rings is 4. The van der Waals surface area contributed by atoms with E-state index in [4.69, 9.17) is 0 Å². The van der Waals surface area contributed by atoms with Gasteiger partial charge in [-0.05, 0) is 84.8 Å². The maximum atomic E-state index is 13.5. The molecule has 0 aromatic heterocycles. The van der Waals surface area contributed by atoms with Gasteiger partial charge in [-0.3, -0.25) is 9.10 Å². The number of sulfonamides is 1. The smallest absolute Gasteiger partial charge is 0.264 e. The molecule has 0 fully saturated rings. The summed E-state index contributed by atoms with van der Waals surface area (Å²) in [6.45, 7) is 2.14. The Morgan fingerprint density at radius 2 is 1.49 bits per heavy atom. The number of carbonyl (C=O) groups excluding carboxylic acids is 1. The molecule has 5 nitrogen and oxygen atoms in total. The second-order valence-electron chi connectivity index (χ2n) is 9.43. The lowest BCUT2D eigenvalue weighted by molar-refractivity contribution is 0.0940. The van der Waals surface area contributed by atoms with Crippen LogP contribution in [0.5, 0.6) is 0 Å². The quantitative estimate of drug-likeness (QED) is 0.313. The number of aryl methyl sites for hydroxylation is 2. The summed E-state index contributed by atoms with van der Waals surface area (Å²) in [6.07, 6.45) is 3.43. The van der Waals surface area contributed by atoms with Gasteiger partial charge in [-0.1, -0.05) is 66.7 Å². The summed E-state index contributed by atoms with van der Waals surface area (Å²) < 4.78 is 28.4. The van der Waals surface area contributed by atoms with Crippen LogP contribution < -0.4 is 9.62 Å². The van der Waals surface area contributed by atoms with Gasteiger partial charge in [-0.2, -0.15) is 0 Å². The van der Waals surface area contributed by atoms with Crippen LogP contribution >= 0.6 is 0 Å². The van der Waals surface area contributed by atoms with Gasteiger partial charge in [0.05, 0.1) is 23.2 Å². The first-order chi connectivity index (χ1) is 17.9. The average Bonchev–Trinajstić information content (AvgIpc) is 3.41. The van der Waals surface area contributed by atoms with Crippen molar-refractivity contribution in [3.8, 4) is 0 Å². The Hall–Kier alpha value is -3.90. The maximum Gasteiger partial charge on any atom is 0.264 e. The van der Waals surface area contributed by atoms with Gasteiger partial charge >= 0.3 is 0 Å². The molecule has 0 radical (unpaired) electrons. The van der Waals surface area contributed by atoms with Crippen LogP contribution in [0.1, 0.15) is 52.0 Å². The van der Waals surface area contributed by atoms with Crippen molar-refractivity contribution in [2.45, 2.75) is 43.7 Å². The zero-order valence-electron chi connectivity index (χ0n) is 20.8. The topological polar surface area (TPSA) is 66.5 Å². The molecule has 1 atom stereocenters. The van der Waals surface area contributed by atoms with E-state index in [1.54, 1.807) is 54.6 Å². The van der Waals surface area contributed by atoms with Gasteiger partial charge < -0.3 is 5.32 Å². The summed E-state index contributed by atoms with van der Waals surface area (Å²) in [7, 11) is -3.78. The Morgan fingerprint density at radius 3 is 2.19 bits per heavy atom. The minimum absolute atomic E-state index is 0.109. The number of fused-ring (bicyclic) bond motifs is 1. The molecule has 0 bridgehead atoms. The molecule has 188 valence electrons. The highest BCUT2D eigenvalue weighted by atomic mass is 32.2. The van der Waals surface area contributed by atoms with E-state index in [2.05, 4.69) is 23.5 Å². The lowest BCUT2D eigenvalue weighted by Gasteiger charge is -2.25. The van der Waals surface area contributed by atoms with Crippen LogP contribution in [0.15, 0.2) is 108 Å². The third kappa shape index (κ3) is 5.44. The normalized spacial score (nSPS) is 13.5. The first-order valence-corrected chi connectivity index (χ1v) is 14.0. The van der Waals surface area contributed by atoms with Crippen molar-refractivity contribution in [2.75, 3.05) is 4.31 Å². The van der Waals surface area contributed by atoms with E-state index in [0.717, 1.165) is 24.0 Å². The Kier molecular flexibility index (Phi) is 7.10. The SMILES string of the molecule is C[C@@H](NC(=O)c1ccc(CN(c2ccccc2)S(=O)(=O)c2ccccc2)cc1)c1ccc2c(c1)CCC2. The lowest BCUT2D eigenvalue weighted by Crippen LogP contribution is -2.30. The van der Waals surface area contributed by atoms with Crippen molar-refractivity contribution in [3.05, 3.63) is 131 Å². The van der Waals surface area contributed by atoms with E-state index in [0.29, 0.717) is 11.3 Å². The Labute approximate surface area is 218 Å². The molecule has 4 aromatic carbocycles. The molecule has 0 saturated heterocycles. The van der Waals surface area contributed by atoms with Crippen molar-refractivity contribution in [2.24, 2.45) is 0 Å². The predicted octanol–water partition coefficient (Wildman–Crippen LogP) is 6.06. The van der Waals surface area contributed by atoms with Gasteiger partial charge in [-0.25, -0.2) is 8.42 Å². The second kappa shape index (κ2) is 10.6. The van der Waals surface area contributed by atoms with Gasteiger partial charge in [0.15, 0.2) is 0 Å². The van der Waals surface area contributed by atoms with Gasteiger partial charge in [0.25, 0.3) is 15.9 Å². The zero-order chi connectivity index (χ0) is 25.8. The summed E-state index contributed by atoms with van der Waals surface area (Å²) in [4.78, 5) is 13.2. The molecule has 1 aliphatic rings. The molecule has 0 saturated carbocycles. The molecular formula is C31H30N2O3S. The molecule has 1 N–H and O–H groups in total. The highest BCUT2D eigenvalue weighted by molar-refractivity contribution is 7.92. The summed E-state index contributed by atoms with van der Waals surface area (Å²) in [5.74, 6) is -0.156. The van der Waals surface area contributed by atoms with E-state index in [1.165, 1.54) is 21.9 Å². The molecule has 1 amide bonds. The second-order valence-corrected chi connectivity index (χ2v) is 11.3. The highest BCUT2D eigenvalue weighted by Gasteiger charge is 2.25. The van der Waals surface area contributed by atoms with Crippen LogP contribution in [-0.2, 0) is 29.4 Å². The first-order valence-electron chi connectivity index (χ1n) is 12.6. The number of hydrogen-bond acceptors (Lipinski definition) is 3. The van der Waals surface area contributed by atoms with E-state index < -0.39 is 10.0 Å². The summed E-state index contributed by atoms with van der Waals surface area (Å²) in [6, 6.07) is 31.0. The van der Waals surface area contributed by atoms with Crippen LogP contribution in [0.25, 0.3) is 0 Å². The van der Waals surface area contributed by atoms with E-state index in [-0.39, 0.29) is 23.4 Å². The van der Waals surface area contributed by atoms with Crippen LogP contribution in [0.4, 0.5) is 5.69 Å². The van der Waals surface area contributed by atoms with Gasteiger partial charge in [0.2, 0.25) is 0 Å². The van der Waals surface area contributed by atoms with E-state index in [1.807, 2.05) is 37.3 Å². The first kappa shape index (κ1) is 24.8. The van der Waals surface area contributed by atoms with Crippen LogP contribution in [0.3, 0.4) is 0 Å². The largest absolute Gasteiger partial charge is 0.346 e. The molecule has 37 heavy (non-hydrogen) atoms. The molecule has 5 rings (SSSR count). The third-order valence-corrected chi connectivity index (χ3v) is 8.68. The number of carbonyl (C=O) groups is 1. The van der Waals surface area contributed by atoms with Crippen molar-refractivity contribution in [1.82, 2.24) is 5.32 Å². The Balaban J connectivity index is 1.32. The third-order valence-electron chi connectivity index (χ3n) is 6.89. The van der Waals surface area contributed by atoms with Crippen molar-refractivity contribution < 1.29 is 13.2 Å². The molecule has 0 heterocycles. The minimum atomic E-state index is -3.78. The number of rotatable bonds is 8. The number of nitrogens with zero attached hydrogens (tertiary/aromatic N) is 1. The zero-order valence-corrected chi connectivity index (χ0v) is 21.6. The standard InChI is InChI=1S/C31H30N2O3S/c1-23(27-20-19-25-9-8-10-28(25)21-27)32-31(34)26-17-15-24(16-18-26)22-33(29-11-4-2-5-12-29)37(35,36)30-13-6-3-7-14-30/h2-7,11-21,23H,8-10,22H2,1H3,(H,32,34)/t23-/m1/s1.